The zero-order valence-corrected chi connectivity index (χ0v) is 6.84. The van der Waals surface area contributed by atoms with Crippen molar-refractivity contribution in [2.75, 3.05) is 19.7 Å². The Bertz CT molecular complexity index is 179. The van der Waals surface area contributed by atoms with Crippen molar-refractivity contribution in [2.45, 2.75) is 25.5 Å². The molecule has 0 bridgehead atoms. The Morgan fingerprint density at radius 2 is 2.55 bits per heavy atom. The summed E-state index contributed by atoms with van der Waals surface area (Å²) in [6, 6.07) is 0.529. The molecule has 0 aliphatic carbocycles. The van der Waals surface area contributed by atoms with Gasteiger partial charge < -0.3 is 10.1 Å². The fourth-order valence-electron chi connectivity index (χ4n) is 1.71. The fraction of sp³-hybridized carbons (Fsp3) is 0.875. The molecule has 3 heteroatoms. The minimum absolute atomic E-state index is 0.340. The molecule has 0 saturated carbocycles. The van der Waals surface area contributed by atoms with E-state index in [4.69, 9.17) is 4.74 Å². The molecule has 62 valence electrons. The summed E-state index contributed by atoms with van der Waals surface area (Å²) in [5.41, 5.74) is 1.25. The van der Waals surface area contributed by atoms with E-state index in [9.17, 15) is 0 Å². The molecule has 2 rings (SSSR count). The maximum Gasteiger partial charge on any atom is 0.0926 e. The van der Waals surface area contributed by atoms with Gasteiger partial charge in [-0.15, -0.1) is 0 Å². The minimum Gasteiger partial charge on any atom is -0.373 e. The Morgan fingerprint density at radius 3 is 3.45 bits per heavy atom. The van der Waals surface area contributed by atoms with Crippen molar-refractivity contribution in [1.29, 1.82) is 0 Å². The highest BCUT2D eigenvalue weighted by Gasteiger charge is 2.28. The van der Waals surface area contributed by atoms with E-state index in [0.29, 0.717) is 12.1 Å². The molecule has 0 amide bonds. The molecule has 0 aromatic rings. The van der Waals surface area contributed by atoms with Crippen molar-refractivity contribution in [3.8, 4) is 0 Å². The van der Waals surface area contributed by atoms with Gasteiger partial charge in [-0.05, 0) is 6.92 Å². The normalized spacial score (nSPS) is 37.7. The summed E-state index contributed by atoms with van der Waals surface area (Å²) in [5.74, 6) is 0. The molecule has 2 aliphatic heterocycles. The first-order chi connectivity index (χ1) is 5.36. The quantitative estimate of drug-likeness (QED) is 0.541. The molecule has 0 spiro atoms. The number of hydrogen-bond donors (Lipinski definition) is 1. The monoisotopic (exact) mass is 154 g/mol. The number of aliphatic imine (C=N–C) groups is 1. The standard InChI is InChI=1S/C8H14N2O/c1-6-4-7-8(5-10-6)11-3-2-9-7/h7-9H,2-5H2,1H3. The molecular weight excluding hydrogens is 140 g/mol. The van der Waals surface area contributed by atoms with Crippen LogP contribution >= 0.6 is 0 Å². The SMILES string of the molecule is CC1=NCC2OCCNC2C1. The Labute approximate surface area is 66.8 Å². The van der Waals surface area contributed by atoms with Crippen molar-refractivity contribution in [3.63, 3.8) is 0 Å². The van der Waals surface area contributed by atoms with E-state index in [-0.39, 0.29) is 0 Å². The third-order valence-electron chi connectivity index (χ3n) is 2.35. The average Bonchev–Trinajstić information content (AvgIpc) is 2.04. The lowest BCUT2D eigenvalue weighted by Gasteiger charge is -2.34. The third-order valence-corrected chi connectivity index (χ3v) is 2.35. The molecule has 0 aromatic carbocycles. The Balaban J connectivity index is 2.04. The van der Waals surface area contributed by atoms with Crippen LogP contribution in [0, 0.1) is 0 Å². The van der Waals surface area contributed by atoms with E-state index in [1.807, 2.05) is 0 Å². The van der Waals surface area contributed by atoms with Crippen molar-refractivity contribution in [3.05, 3.63) is 0 Å². The summed E-state index contributed by atoms with van der Waals surface area (Å²) in [6.45, 7) is 4.78. The maximum absolute atomic E-state index is 5.56. The summed E-state index contributed by atoms with van der Waals surface area (Å²) in [5, 5.41) is 3.45. The van der Waals surface area contributed by atoms with Crippen LogP contribution in [-0.2, 0) is 4.74 Å². The number of hydrogen-bond acceptors (Lipinski definition) is 3. The van der Waals surface area contributed by atoms with E-state index in [1.165, 1.54) is 5.71 Å². The first-order valence-corrected chi connectivity index (χ1v) is 4.21. The average molecular weight is 154 g/mol. The number of ether oxygens (including phenoxy) is 1. The summed E-state index contributed by atoms with van der Waals surface area (Å²) >= 11 is 0. The zero-order valence-electron chi connectivity index (χ0n) is 6.84. The molecule has 0 radical (unpaired) electrons. The van der Waals surface area contributed by atoms with E-state index in [2.05, 4.69) is 17.2 Å². The molecule has 2 atom stereocenters. The minimum atomic E-state index is 0.340. The second-order valence-electron chi connectivity index (χ2n) is 3.25. The fourth-order valence-corrected chi connectivity index (χ4v) is 1.71. The van der Waals surface area contributed by atoms with Gasteiger partial charge in [0, 0.05) is 24.7 Å². The molecular formula is C8H14N2O. The van der Waals surface area contributed by atoms with Crippen LogP contribution in [0.4, 0.5) is 0 Å². The van der Waals surface area contributed by atoms with Gasteiger partial charge in [0.2, 0.25) is 0 Å². The molecule has 11 heavy (non-hydrogen) atoms. The van der Waals surface area contributed by atoms with Gasteiger partial charge in [0.1, 0.15) is 0 Å². The molecule has 2 heterocycles. The second kappa shape index (κ2) is 2.91. The Kier molecular flexibility index (Phi) is 1.92. The van der Waals surface area contributed by atoms with Gasteiger partial charge in [-0.3, -0.25) is 4.99 Å². The number of fused-ring (bicyclic) bond motifs is 1. The van der Waals surface area contributed by atoms with Crippen LogP contribution in [0.1, 0.15) is 13.3 Å². The lowest BCUT2D eigenvalue weighted by atomic mass is 10.0. The third kappa shape index (κ3) is 1.44. The predicted molar refractivity (Wildman–Crippen MR) is 44.1 cm³/mol. The lowest BCUT2D eigenvalue weighted by Crippen LogP contribution is -2.52. The highest BCUT2D eigenvalue weighted by atomic mass is 16.5. The Hall–Kier alpha value is -0.410. The number of morpholine rings is 1. The van der Waals surface area contributed by atoms with Crippen LogP contribution < -0.4 is 5.32 Å². The van der Waals surface area contributed by atoms with Gasteiger partial charge in [0.05, 0.1) is 19.3 Å². The molecule has 0 aromatic heterocycles. The van der Waals surface area contributed by atoms with Crippen molar-refractivity contribution in [2.24, 2.45) is 4.99 Å². The van der Waals surface area contributed by atoms with Crippen LogP contribution in [0.2, 0.25) is 0 Å². The maximum atomic E-state index is 5.56. The van der Waals surface area contributed by atoms with Gasteiger partial charge in [0.25, 0.3) is 0 Å². The van der Waals surface area contributed by atoms with E-state index in [1.54, 1.807) is 0 Å². The first kappa shape index (κ1) is 7.25. The van der Waals surface area contributed by atoms with Crippen molar-refractivity contribution in [1.82, 2.24) is 5.32 Å². The van der Waals surface area contributed by atoms with Crippen LogP contribution in [0.15, 0.2) is 4.99 Å². The molecule has 1 saturated heterocycles. The van der Waals surface area contributed by atoms with Crippen LogP contribution in [-0.4, -0.2) is 37.6 Å². The van der Waals surface area contributed by atoms with Crippen molar-refractivity contribution >= 4 is 5.71 Å². The molecule has 1 fully saturated rings. The largest absolute Gasteiger partial charge is 0.373 e. The molecule has 1 N–H and O–H groups in total. The molecule has 2 aliphatic rings. The zero-order chi connectivity index (χ0) is 7.68. The number of nitrogens with one attached hydrogen (secondary N) is 1. The highest BCUT2D eigenvalue weighted by Crippen LogP contribution is 2.14. The molecule has 3 nitrogen and oxygen atoms in total. The first-order valence-electron chi connectivity index (χ1n) is 4.21. The van der Waals surface area contributed by atoms with Crippen molar-refractivity contribution < 1.29 is 4.74 Å². The summed E-state index contributed by atoms with van der Waals surface area (Å²) in [4.78, 5) is 4.37. The van der Waals surface area contributed by atoms with E-state index >= 15 is 0 Å². The topological polar surface area (TPSA) is 33.6 Å². The lowest BCUT2D eigenvalue weighted by molar-refractivity contribution is 0.00142. The van der Waals surface area contributed by atoms with Gasteiger partial charge in [-0.25, -0.2) is 0 Å². The molecule has 2 unspecified atom stereocenters. The van der Waals surface area contributed by atoms with E-state index < -0.39 is 0 Å². The van der Waals surface area contributed by atoms with Gasteiger partial charge in [0.15, 0.2) is 0 Å². The highest BCUT2D eigenvalue weighted by molar-refractivity contribution is 5.83. The Morgan fingerprint density at radius 1 is 1.64 bits per heavy atom. The second-order valence-corrected chi connectivity index (χ2v) is 3.25. The summed E-state index contributed by atoms with van der Waals surface area (Å²) in [6.07, 6.45) is 1.40. The van der Waals surface area contributed by atoms with Gasteiger partial charge in [-0.1, -0.05) is 0 Å². The smallest absolute Gasteiger partial charge is 0.0926 e. The van der Waals surface area contributed by atoms with Crippen LogP contribution in [0.25, 0.3) is 0 Å². The van der Waals surface area contributed by atoms with Crippen LogP contribution in [0.3, 0.4) is 0 Å². The number of rotatable bonds is 0. The number of nitrogens with zero attached hydrogens (tertiary/aromatic N) is 1. The summed E-state index contributed by atoms with van der Waals surface area (Å²) < 4.78 is 5.56. The van der Waals surface area contributed by atoms with Crippen LogP contribution in [0.5, 0.6) is 0 Å². The van der Waals surface area contributed by atoms with Gasteiger partial charge >= 0.3 is 0 Å². The van der Waals surface area contributed by atoms with Gasteiger partial charge in [-0.2, -0.15) is 0 Å². The summed E-state index contributed by atoms with van der Waals surface area (Å²) in [7, 11) is 0. The predicted octanol–water partition coefficient (Wildman–Crippen LogP) is 0.208. The van der Waals surface area contributed by atoms with E-state index in [0.717, 1.165) is 26.1 Å².